The summed E-state index contributed by atoms with van der Waals surface area (Å²) < 4.78 is 2.92. The summed E-state index contributed by atoms with van der Waals surface area (Å²) in [5, 5.41) is 5.78. The molecule has 2 aromatic heterocycles. The van der Waals surface area contributed by atoms with Crippen LogP contribution in [0, 0.1) is 0 Å². The monoisotopic (exact) mass is 305 g/mol. The molecule has 0 spiro atoms. The van der Waals surface area contributed by atoms with Crippen molar-refractivity contribution in [2.75, 3.05) is 6.54 Å². The average Bonchev–Trinajstić information content (AvgIpc) is 2.68. The van der Waals surface area contributed by atoms with Crippen LogP contribution >= 0.6 is 38.9 Å². The maximum Gasteiger partial charge on any atom is 0.195 e. The first-order valence-electron chi connectivity index (χ1n) is 4.32. The van der Waals surface area contributed by atoms with Gasteiger partial charge in [0.1, 0.15) is 0 Å². The molecule has 0 aromatic carbocycles. The van der Waals surface area contributed by atoms with E-state index >= 15 is 0 Å². The Balaban J connectivity index is 2.15. The van der Waals surface area contributed by atoms with Crippen molar-refractivity contribution in [1.82, 2.24) is 14.7 Å². The number of aromatic nitrogens is 2. The zero-order valence-corrected chi connectivity index (χ0v) is 11.0. The van der Waals surface area contributed by atoms with Gasteiger partial charge in [-0.2, -0.15) is 0 Å². The van der Waals surface area contributed by atoms with Gasteiger partial charge in [-0.1, -0.05) is 34.1 Å². The van der Waals surface area contributed by atoms with Crippen LogP contribution in [0.3, 0.4) is 0 Å². The molecular formula is C9H9BrClN3S. The minimum Gasteiger partial charge on any atom is -0.306 e. The van der Waals surface area contributed by atoms with Crippen molar-refractivity contribution in [3.05, 3.63) is 33.5 Å². The number of thiazole rings is 1. The van der Waals surface area contributed by atoms with Gasteiger partial charge in [-0.25, -0.2) is 4.98 Å². The SMILES string of the molecule is C=C(Br)CNCc1c(Cl)nc2sccn12. The summed E-state index contributed by atoms with van der Waals surface area (Å²) in [6.45, 7) is 5.15. The van der Waals surface area contributed by atoms with E-state index in [1.807, 2.05) is 16.0 Å². The van der Waals surface area contributed by atoms with E-state index in [9.17, 15) is 0 Å². The first kappa shape index (κ1) is 11.1. The summed E-state index contributed by atoms with van der Waals surface area (Å²) in [7, 11) is 0. The molecule has 1 N–H and O–H groups in total. The van der Waals surface area contributed by atoms with Crippen molar-refractivity contribution < 1.29 is 0 Å². The number of nitrogens with one attached hydrogen (secondary N) is 1. The minimum absolute atomic E-state index is 0.564. The Morgan fingerprint density at radius 3 is 3.27 bits per heavy atom. The third-order valence-electron chi connectivity index (χ3n) is 1.92. The van der Waals surface area contributed by atoms with Gasteiger partial charge in [0, 0.05) is 29.1 Å². The summed E-state index contributed by atoms with van der Waals surface area (Å²) in [6, 6.07) is 0. The second kappa shape index (κ2) is 4.65. The Labute approximate surface area is 105 Å². The molecule has 2 aromatic rings. The molecule has 6 heteroatoms. The van der Waals surface area contributed by atoms with Crippen molar-refractivity contribution in [3.63, 3.8) is 0 Å². The predicted octanol–water partition coefficient (Wildman–Crippen LogP) is 3.05. The highest BCUT2D eigenvalue weighted by atomic mass is 79.9. The molecule has 0 radical (unpaired) electrons. The summed E-state index contributed by atoms with van der Waals surface area (Å²) in [6.07, 6.45) is 1.97. The van der Waals surface area contributed by atoms with Crippen molar-refractivity contribution in [1.29, 1.82) is 0 Å². The summed E-state index contributed by atoms with van der Waals surface area (Å²) in [5.74, 6) is 0. The Morgan fingerprint density at radius 1 is 1.73 bits per heavy atom. The molecule has 80 valence electrons. The van der Waals surface area contributed by atoms with E-state index in [4.69, 9.17) is 11.6 Å². The summed E-state index contributed by atoms with van der Waals surface area (Å²) in [4.78, 5) is 5.17. The Morgan fingerprint density at radius 2 is 2.53 bits per heavy atom. The number of imidazole rings is 1. The third-order valence-corrected chi connectivity index (χ3v) is 3.26. The van der Waals surface area contributed by atoms with Crippen LogP contribution in [-0.4, -0.2) is 15.9 Å². The van der Waals surface area contributed by atoms with Crippen molar-refractivity contribution in [2.24, 2.45) is 0 Å². The van der Waals surface area contributed by atoms with Gasteiger partial charge in [0.25, 0.3) is 0 Å². The molecule has 0 aliphatic heterocycles. The van der Waals surface area contributed by atoms with Gasteiger partial charge < -0.3 is 5.32 Å². The van der Waals surface area contributed by atoms with Crippen LogP contribution in [0.2, 0.25) is 5.15 Å². The van der Waals surface area contributed by atoms with Crippen LogP contribution in [0.25, 0.3) is 4.96 Å². The van der Waals surface area contributed by atoms with E-state index in [0.29, 0.717) is 18.2 Å². The van der Waals surface area contributed by atoms with E-state index in [0.717, 1.165) is 15.1 Å². The van der Waals surface area contributed by atoms with Crippen molar-refractivity contribution in [2.45, 2.75) is 6.54 Å². The molecule has 0 amide bonds. The van der Waals surface area contributed by atoms with Crippen molar-refractivity contribution in [3.8, 4) is 0 Å². The average molecular weight is 307 g/mol. The van der Waals surface area contributed by atoms with Gasteiger partial charge in [-0.15, -0.1) is 11.3 Å². The maximum atomic E-state index is 6.02. The van der Waals surface area contributed by atoms with Crippen LogP contribution in [0.4, 0.5) is 0 Å². The van der Waals surface area contributed by atoms with E-state index in [1.54, 1.807) is 11.3 Å². The highest BCUT2D eigenvalue weighted by molar-refractivity contribution is 9.11. The standard InChI is InChI=1S/C9H9BrClN3S/c1-6(10)4-12-5-7-8(11)13-9-14(7)2-3-15-9/h2-3,12H,1,4-5H2. The summed E-state index contributed by atoms with van der Waals surface area (Å²) >= 11 is 10.9. The van der Waals surface area contributed by atoms with Gasteiger partial charge in [0.2, 0.25) is 0 Å². The number of rotatable bonds is 4. The smallest absolute Gasteiger partial charge is 0.195 e. The van der Waals surface area contributed by atoms with Crippen LogP contribution in [0.1, 0.15) is 5.69 Å². The predicted molar refractivity (Wildman–Crippen MR) is 67.9 cm³/mol. The molecule has 0 atom stereocenters. The molecule has 15 heavy (non-hydrogen) atoms. The minimum atomic E-state index is 0.564. The lowest BCUT2D eigenvalue weighted by Gasteiger charge is -2.02. The molecule has 0 aliphatic carbocycles. The number of hydrogen-bond donors (Lipinski definition) is 1. The first-order valence-corrected chi connectivity index (χ1v) is 6.37. The lowest BCUT2D eigenvalue weighted by Crippen LogP contribution is -2.15. The molecule has 0 saturated heterocycles. The fourth-order valence-corrected chi connectivity index (χ4v) is 2.50. The highest BCUT2D eigenvalue weighted by Gasteiger charge is 2.10. The van der Waals surface area contributed by atoms with Crippen molar-refractivity contribution >= 4 is 43.8 Å². The molecule has 0 bridgehead atoms. The molecular weight excluding hydrogens is 298 g/mol. The number of nitrogens with zero attached hydrogens (tertiary/aromatic N) is 2. The third kappa shape index (κ3) is 2.42. The van der Waals surface area contributed by atoms with E-state index in [1.165, 1.54) is 0 Å². The fraction of sp³-hybridized carbons (Fsp3) is 0.222. The number of fused-ring (bicyclic) bond motifs is 1. The van der Waals surface area contributed by atoms with E-state index in [-0.39, 0.29) is 0 Å². The van der Waals surface area contributed by atoms with Gasteiger partial charge in [0.15, 0.2) is 10.1 Å². The van der Waals surface area contributed by atoms with Crippen LogP contribution < -0.4 is 5.32 Å². The van der Waals surface area contributed by atoms with Crippen LogP contribution in [0.15, 0.2) is 22.6 Å². The number of hydrogen-bond acceptors (Lipinski definition) is 3. The zero-order valence-electron chi connectivity index (χ0n) is 7.83. The normalized spacial score (nSPS) is 11.1. The highest BCUT2D eigenvalue weighted by Crippen LogP contribution is 2.20. The first-order chi connectivity index (χ1) is 7.18. The van der Waals surface area contributed by atoms with Gasteiger partial charge in [0.05, 0.1) is 5.69 Å². The number of halogens is 2. The molecule has 0 fully saturated rings. The second-order valence-corrected chi connectivity index (χ2v) is 5.38. The zero-order chi connectivity index (χ0) is 10.8. The molecule has 2 rings (SSSR count). The molecule has 0 saturated carbocycles. The lowest BCUT2D eigenvalue weighted by atomic mass is 10.4. The Bertz CT molecular complexity index is 490. The van der Waals surface area contributed by atoms with Crippen LogP contribution in [-0.2, 0) is 6.54 Å². The van der Waals surface area contributed by atoms with Crippen LogP contribution in [0.5, 0.6) is 0 Å². The topological polar surface area (TPSA) is 29.3 Å². The maximum absolute atomic E-state index is 6.02. The van der Waals surface area contributed by atoms with E-state index in [2.05, 4.69) is 32.8 Å². The fourth-order valence-electron chi connectivity index (χ4n) is 1.28. The van der Waals surface area contributed by atoms with Gasteiger partial charge in [-0.3, -0.25) is 4.40 Å². The Kier molecular flexibility index (Phi) is 3.45. The molecule has 0 unspecified atom stereocenters. The van der Waals surface area contributed by atoms with Gasteiger partial charge in [-0.05, 0) is 0 Å². The molecule has 3 nitrogen and oxygen atoms in total. The molecule has 2 heterocycles. The largest absolute Gasteiger partial charge is 0.306 e. The Hall–Kier alpha value is -0.360. The molecule has 0 aliphatic rings. The lowest BCUT2D eigenvalue weighted by molar-refractivity contribution is 0.733. The second-order valence-electron chi connectivity index (χ2n) is 3.03. The van der Waals surface area contributed by atoms with E-state index < -0.39 is 0 Å². The summed E-state index contributed by atoms with van der Waals surface area (Å²) in [5.41, 5.74) is 0.988. The van der Waals surface area contributed by atoms with Gasteiger partial charge >= 0.3 is 0 Å². The quantitative estimate of drug-likeness (QED) is 0.941.